The number of aliphatic hydroxyl groups is 1. The lowest BCUT2D eigenvalue weighted by Crippen LogP contribution is -2.46. The third-order valence-corrected chi connectivity index (χ3v) is 5.27. The van der Waals surface area contributed by atoms with E-state index in [1.165, 1.54) is 19.4 Å². The summed E-state index contributed by atoms with van der Waals surface area (Å²) in [6.07, 6.45) is 0.564. The van der Waals surface area contributed by atoms with E-state index in [2.05, 4.69) is 10.3 Å². The minimum atomic E-state index is -1.87. The van der Waals surface area contributed by atoms with Gasteiger partial charge in [0.1, 0.15) is 12.7 Å². The Kier molecular flexibility index (Phi) is 8.96. The average Bonchev–Trinajstić information content (AvgIpc) is 2.89. The van der Waals surface area contributed by atoms with E-state index in [0.29, 0.717) is 6.42 Å². The van der Waals surface area contributed by atoms with Crippen LogP contribution in [0.3, 0.4) is 0 Å². The number of methoxy groups -OCH3 is 1. The van der Waals surface area contributed by atoms with Crippen molar-refractivity contribution in [1.29, 1.82) is 0 Å². The van der Waals surface area contributed by atoms with E-state index in [9.17, 15) is 24.3 Å². The Hall–Kier alpha value is -3.99. The Bertz CT molecular complexity index is 1110. The SMILES string of the molecule is COc1ccnc(C(=O)N[C@H]2COC(=O)[C@@H](Cc3ccccc3)[CH][C@H](C)OC2=O)c1OC(O)C(C)=O. The summed E-state index contributed by atoms with van der Waals surface area (Å²) < 4.78 is 21.1. The van der Waals surface area contributed by atoms with Crippen LogP contribution in [0.2, 0.25) is 0 Å². The highest BCUT2D eigenvalue weighted by Crippen LogP contribution is 2.30. The van der Waals surface area contributed by atoms with Gasteiger partial charge in [-0.25, -0.2) is 9.78 Å². The zero-order valence-electron chi connectivity index (χ0n) is 20.0. The first-order valence-electron chi connectivity index (χ1n) is 11.1. The lowest BCUT2D eigenvalue weighted by atomic mass is 9.94. The smallest absolute Gasteiger partial charge is 0.332 e. The highest BCUT2D eigenvalue weighted by atomic mass is 16.6. The fourth-order valence-electron chi connectivity index (χ4n) is 3.46. The number of aliphatic hydroxyl groups excluding tert-OH is 1. The molecule has 1 aromatic carbocycles. The van der Waals surface area contributed by atoms with Crippen molar-refractivity contribution in [3.8, 4) is 11.5 Å². The number of carbonyl (C=O) groups is 4. The molecule has 2 N–H and O–H groups in total. The summed E-state index contributed by atoms with van der Waals surface area (Å²) >= 11 is 0. The maximum absolute atomic E-state index is 13.0. The van der Waals surface area contributed by atoms with Gasteiger partial charge in [0.05, 0.1) is 13.0 Å². The molecule has 191 valence electrons. The molecule has 3 rings (SSSR count). The number of carbonyl (C=O) groups excluding carboxylic acids is 4. The van der Waals surface area contributed by atoms with E-state index in [1.807, 2.05) is 30.3 Å². The van der Waals surface area contributed by atoms with Crippen molar-refractivity contribution in [3.63, 3.8) is 0 Å². The minimum absolute atomic E-state index is 0.0193. The third-order valence-electron chi connectivity index (χ3n) is 5.27. The summed E-state index contributed by atoms with van der Waals surface area (Å²) in [5, 5.41) is 12.2. The molecule has 0 spiro atoms. The summed E-state index contributed by atoms with van der Waals surface area (Å²) in [5.41, 5.74) is 0.540. The molecule has 36 heavy (non-hydrogen) atoms. The Morgan fingerprint density at radius 2 is 1.92 bits per heavy atom. The van der Waals surface area contributed by atoms with Gasteiger partial charge < -0.3 is 29.4 Å². The molecule has 1 amide bonds. The molecule has 1 unspecified atom stereocenters. The summed E-state index contributed by atoms with van der Waals surface area (Å²) in [6, 6.07) is 9.32. The minimum Gasteiger partial charge on any atom is -0.493 e. The molecule has 11 nitrogen and oxygen atoms in total. The van der Waals surface area contributed by atoms with Crippen LogP contribution in [-0.4, -0.2) is 65.9 Å². The van der Waals surface area contributed by atoms with Crippen LogP contribution in [0.5, 0.6) is 11.5 Å². The normalized spacial score (nSPS) is 21.1. The lowest BCUT2D eigenvalue weighted by Gasteiger charge is -2.20. The van der Waals surface area contributed by atoms with Crippen molar-refractivity contribution in [2.45, 2.75) is 38.7 Å². The van der Waals surface area contributed by atoms with Crippen LogP contribution in [0, 0.1) is 12.3 Å². The second-order valence-electron chi connectivity index (χ2n) is 8.06. The number of amides is 1. The van der Waals surface area contributed by atoms with Crippen LogP contribution in [0.25, 0.3) is 0 Å². The van der Waals surface area contributed by atoms with Crippen molar-refractivity contribution in [2.75, 3.05) is 13.7 Å². The monoisotopic (exact) mass is 499 g/mol. The topological polar surface area (TPSA) is 150 Å². The first-order chi connectivity index (χ1) is 17.2. The zero-order chi connectivity index (χ0) is 26.2. The molecule has 1 saturated heterocycles. The number of esters is 2. The number of hydrogen-bond donors (Lipinski definition) is 2. The molecule has 2 aromatic rings. The first kappa shape index (κ1) is 26.6. The van der Waals surface area contributed by atoms with Gasteiger partial charge >= 0.3 is 11.9 Å². The van der Waals surface area contributed by atoms with Gasteiger partial charge in [-0.3, -0.25) is 14.4 Å². The van der Waals surface area contributed by atoms with E-state index in [4.69, 9.17) is 18.9 Å². The predicted octanol–water partition coefficient (Wildman–Crippen LogP) is 1.03. The quantitative estimate of drug-likeness (QED) is 0.398. The molecular formula is C25H27N2O9. The molecule has 1 aliphatic heterocycles. The van der Waals surface area contributed by atoms with E-state index in [0.717, 1.165) is 12.5 Å². The number of aromatic nitrogens is 1. The van der Waals surface area contributed by atoms with Gasteiger partial charge in [-0.2, -0.15) is 0 Å². The van der Waals surface area contributed by atoms with Crippen molar-refractivity contribution >= 4 is 23.6 Å². The van der Waals surface area contributed by atoms with E-state index >= 15 is 0 Å². The lowest BCUT2D eigenvalue weighted by molar-refractivity contribution is -0.152. The fourth-order valence-corrected chi connectivity index (χ4v) is 3.46. The molecule has 1 radical (unpaired) electrons. The number of Topliss-reactive ketones (excluding diaryl/α,β-unsaturated/α-hetero) is 1. The second kappa shape index (κ2) is 12.1. The number of pyridine rings is 1. The van der Waals surface area contributed by atoms with E-state index in [1.54, 1.807) is 13.3 Å². The second-order valence-corrected chi connectivity index (χ2v) is 8.06. The highest BCUT2D eigenvalue weighted by Gasteiger charge is 2.34. The van der Waals surface area contributed by atoms with E-state index in [-0.39, 0.29) is 17.2 Å². The molecule has 1 aromatic heterocycles. The third kappa shape index (κ3) is 6.79. The highest BCUT2D eigenvalue weighted by molar-refractivity contribution is 5.98. The van der Waals surface area contributed by atoms with Crippen molar-refractivity contribution in [1.82, 2.24) is 10.3 Å². The molecule has 0 aliphatic carbocycles. The number of rotatable bonds is 8. The number of nitrogens with one attached hydrogen (secondary N) is 1. The van der Waals surface area contributed by atoms with Crippen LogP contribution in [0.1, 0.15) is 29.9 Å². The molecular weight excluding hydrogens is 472 g/mol. The van der Waals surface area contributed by atoms with Gasteiger partial charge in [-0.1, -0.05) is 30.3 Å². The molecule has 0 bridgehead atoms. The fraction of sp³-hybridized carbons (Fsp3) is 0.360. The number of nitrogens with zero attached hydrogens (tertiary/aromatic N) is 1. The van der Waals surface area contributed by atoms with Crippen molar-refractivity contribution < 1.29 is 43.2 Å². The van der Waals surface area contributed by atoms with Crippen LogP contribution in [-0.2, 0) is 30.3 Å². The van der Waals surface area contributed by atoms with Gasteiger partial charge in [0.25, 0.3) is 12.2 Å². The first-order valence-corrected chi connectivity index (χ1v) is 11.1. The summed E-state index contributed by atoms with van der Waals surface area (Å²) in [7, 11) is 1.29. The molecule has 1 aliphatic rings. The summed E-state index contributed by atoms with van der Waals surface area (Å²) in [6.45, 7) is 2.22. The molecule has 4 atom stereocenters. The molecule has 2 heterocycles. The summed E-state index contributed by atoms with van der Waals surface area (Å²) in [5.74, 6) is -3.98. The Morgan fingerprint density at radius 1 is 1.19 bits per heavy atom. The standard InChI is InChI=1S/C25H27N2O9/c1-14-11-17(12-16-7-5-4-6-8-16)24(31)34-13-18(25(32)35-14)27-22(29)20-21(36-23(30)15(2)28)19(33-3)9-10-26-20/h4-11,14,17-18,23,30H,12-13H2,1-3H3,(H,27,29)/t14-,17+,18-,23?/m0/s1. The van der Waals surface area contributed by atoms with Gasteiger partial charge in [0.15, 0.2) is 29.0 Å². The molecule has 0 saturated carbocycles. The number of ether oxygens (including phenoxy) is 4. The number of ketones is 1. The Labute approximate surface area is 207 Å². The van der Waals surface area contributed by atoms with Gasteiger partial charge in [0, 0.05) is 25.6 Å². The number of hydrogen-bond acceptors (Lipinski definition) is 10. The van der Waals surface area contributed by atoms with Gasteiger partial charge in [-0.05, 0) is 18.9 Å². The largest absolute Gasteiger partial charge is 0.493 e. The maximum atomic E-state index is 13.0. The Balaban J connectivity index is 1.78. The van der Waals surface area contributed by atoms with Crippen LogP contribution < -0.4 is 14.8 Å². The average molecular weight is 499 g/mol. The van der Waals surface area contributed by atoms with Crippen LogP contribution in [0.4, 0.5) is 0 Å². The van der Waals surface area contributed by atoms with Gasteiger partial charge in [0.2, 0.25) is 0 Å². The van der Waals surface area contributed by atoms with Crippen molar-refractivity contribution in [2.24, 2.45) is 5.92 Å². The zero-order valence-corrected chi connectivity index (χ0v) is 20.0. The van der Waals surface area contributed by atoms with Crippen molar-refractivity contribution in [3.05, 3.63) is 60.3 Å². The molecule has 11 heteroatoms. The number of benzene rings is 1. The van der Waals surface area contributed by atoms with Crippen LogP contribution in [0.15, 0.2) is 42.6 Å². The Morgan fingerprint density at radius 3 is 2.58 bits per heavy atom. The summed E-state index contributed by atoms with van der Waals surface area (Å²) in [4.78, 5) is 53.9. The van der Waals surface area contributed by atoms with Crippen LogP contribution >= 0.6 is 0 Å². The number of cyclic esters (lactones) is 2. The van der Waals surface area contributed by atoms with E-state index < -0.39 is 54.6 Å². The maximum Gasteiger partial charge on any atom is 0.332 e. The molecule has 1 fully saturated rings. The van der Waals surface area contributed by atoms with Gasteiger partial charge in [-0.15, -0.1) is 0 Å². The predicted molar refractivity (Wildman–Crippen MR) is 124 cm³/mol.